The van der Waals surface area contributed by atoms with Crippen molar-refractivity contribution in [1.29, 1.82) is 0 Å². The zero-order valence-corrected chi connectivity index (χ0v) is 18.7. The van der Waals surface area contributed by atoms with Crippen LogP contribution in [-0.2, 0) is 16.0 Å². The normalized spacial score (nSPS) is 15.2. The zero-order valence-electron chi connectivity index (χ0n) is 18.7. The molecule has 3 aromatic rings. The molecule has 10 heteroatoms. The molecule has 2 aromatic heterocycles. The first-order valence-electron chi connectivity index (χ1n) is 10.7. The molecule has 3 heterocycles. The van der Waals surface area contributed by atoms with Gasteiger partial charge in [0, 0.05) is 31.1 Å². The molecule has 0 spiro atoms. The number of halogens is 2. The molecule has 178 valence electrons. The van der Waals surface area contributed by atoms with Crippen LogP contribution in [0.2, 0.25) is 0 Å². The minimum absolute atomic E-state index is 0.0431. The number of H-pyrrole nitrogens is 1. The maximum atomic E-state index is 15.4. The molecule has 1 fully saturated rings. The molecule has 1 N–H and O–H groups in total. The van der Waals surface area contributed by atoms with E-state index in [1.54, 1.807) is 12.1 Å². The fourth-order valence-electron chi connectivity index (χ4n) is 4.12. The number of piperidine rings is 1. The number of Topliss-reactive ketones (excluding diaryl/α,β-unsaturated/α-hetero) is 1. The van der Waals surface area contributed by atoms with Gasteiger partial charge in [-0.25, -0.2) is 18.6 Å². The largest absolute Gasteiger partial charge is 0.494 e. The van der Waals surface area contributed by atoms with Crippen molar-refractivity contribution in [1.82, 2.24) is 14.9 Å². The number of benzene rings is 1. The second kappa shape index (κ2) is 9.20. The van der Waals surface area contributed by atoms with Crippen molar-refractivity contribution >= 4 is 28.6 Å². The Morgan fingerprint density at radius 1 is 1.15 bits per heavy atom. The number of ketones is 1. The number of hydrogen-bond donors (Lipinski definition) is 1. The van der Waals surface area contributed by atoms with Gasteiger partial charge in [0.2, 0.25) is 0 Å². The van der Waals surface area contributed by atoms with E-state index in [0.717, 1.165) is 7.11 Å². The summed E-state index contributed by atoms with van der Waals surface area (Å²) in [5, 5.41) is 0.473. The summed E-state index contributed by atoms with van der Waals surface area (Å²) in [7, 11) is 2.48. The number of aromatic amines is 1. The number of amides is 1. The minimum Gasteiger partial charge on any atom is -0.494 e. The van der Waals surface area contributed by atoms with Crippen LogP contribution >= 0.6 is 0 Å². The van der Waals surface area contributed by atoms with E-state index in [0.29, 0.717) is 10.9 Å². The summed E-state index contributed by atoms with van der Waals surface area (Å²) in [6.45, 7) is 0.307. The first-order valence-corrected chi connectivity index (χ1v) is 10.7. The fraction of sp³-hybridized carbons (Fsp3) is 0.333. The average molecular weight is 471 g/mol. The molecule has 0 aliphatic carbocycles. The lowest BCUT2D eigenvalue weighted by atomic mass is 9.87. The second-order valence-electron chi connectivity index (χ2n) is 8.21. The first kappa shape index (κ1) is 23.3. The number of methoxy groups -OCH3 is 2. The van der Waals surface area contributed by atoms with Crippen molar-refractivity contribution < 1.29 is 32.6 Å². The Morgan fingerprint density at radius 3 is 2.44 bits per heavy atom. The van der Waals surface area contributed by atoms with Crippen molar-refractivity contribution in [3.8, 4) is 5.75 Å². The van der Waals surface area contributed by atoms with Gasteiger partial charge in [-0.05, 0) is 36.6 Å². The fourth-order valence-corrected chi connectivity index (χ4v) is 4.12. The van der Waals surface area contributed by atoms with Gasteiger partial charge in [-0.1, -0.05) is 12.1 Å². The SMILES string of the molecule is COC(=O)C(=O)c1[nH]cc2cc(OC)c(C(=O)N3CCC(F)(Cc4ccc(F)cc4)CC3)nc12. The number of pyridine rings is 1. The Morgan fingerprint density at radius 2 is 1.82 bits per heavy atom. The third-order valence-corrected chi connectivity index (χ3v) is 6.03. The third kappa shape index (κ3) is 4.48. The maximum absolute atomic E-state index is 15.4. The monoisotopic (exact) mass is 471 g/mol. The van der Waals surface area contributed by atoms with Gasteiger partial charge in [-0.2, -0.15) is 0 Å². The maximum Gasteiger partial charge on any atom is 0.381 e. The van der Waals surface area contributed by atoms with Crippen LogP contribution in [0.5, 0.6) is 5.75 Å². The number of nitrogens with zero attached hydrogens (tertiary/aromatic N) is 2. The van der Waals surface area contributed by atoms with Gasteiger partial charge in [0.05, 0.1) is 14.2 Å². The van der Waals surface area contributed by atoms with Gasteiger partial charge in [-0.3, -0.25) is 9.59 Å². The van der Waals surface area contributed by atoms with E-state index in [-0.39, 0.29) is 60.8 Å². The van der Waals surface area contributed by atoms with Gasteiger partial charge in [0.1, 0.15) is 22.7 Å². The van der Waals surface area contributed by atoms with Gasteiger partial charge in [0.15, 0.2) is 11.4 Å². The molecule has 1 saturated heterocycles. The summed E-state index contributed by atoms with van der Waals surface area (Å²) in [5.41, 5.74) is -0.838. The summed E-state index contributed by atoms with van der Waals surface area (Å²) in [5.74, 6) is -2.65. The van der Waals surface area contributed by atoms with Gasteiger partial charge >= 0.3 is 5.97 Å². The molecule has 34 heavy (non-hydrogen) atoms. The zero-order chi connectivity index (χ0) is 24.5. The van der Waals surface area contributed by atoms with Crippen molar-refractivity contribution in [3.05, 3.63) is 59.3 Å². The summed E-state index contributed by atoms with van der Waals surface area (Å²) in [4.78, 5) is 45.7. The van der Waals surface area contributed by atoms with Gasteiger partial charge < -0.3 is 19.4 Å². The number of likely N-dealkylation sites (tertiary alicyclic amines) is 1. The van der Waals surface area contributed by atoms with E-state index in [9.17, 15) is 18.8 Å². The highest BCUT2D eigenvalue weighted by atomic mass is 19.1. The van der Waals surface area contributed by atoms with E-state index in [4.69, 9.17) is 4.74 Å². The van der Waals surface area contributed by atoms with Crippen LogP contribution < -0.4 is 4.74 Å². The summed E-state index contributed by atoms with van der Waals surface area (Å²) < 4.78 is 38.3. The highest BCUT2D eigenvalue weighted by Gasteiger charge is 2.37. The lowest BCUT2D eigenvalue weighted by molar-refractivity contribution is -0.135. The Labute approximate surface area is 193 Å². The van der Waals surface area contributed by atoms with Gasteiger partial charge in [-0.15, -0.1) is 0 Å². The predicted octanol–water partition coefficient (Wildman–Crippen LogP) is 3.25. The van der Waals surface area contributed by atoms with E-state index in [1.165, 1.54) is 36.4 Å². The topological polar surface area (TPSA) is 102 Å². The number of alkyl halides is 1. The van der Waals surface area contributed by atoms with Crippen LogP contribution in [0.15, 0.2) is 36.5 Å². The van der Waals surface area contributed by atoms with E-state index in [1.807, 2.05) is 0 Å². The molecular weight excluding hydrogens is 448 g/mol. The summed E-state index contributed by atoms with van der Waals surface area (Å²) in [6, 6.07) is 7.25. The third-order valence-electron chi connectivity index (χ3n) is 6.03. The molecule has 1 aliphatic rings. The predicted molar refractivity (Wildman–Crippen MR) is 118 cm³/mol. The van der Waals surface area contributed by atoms with Crippen molar-refractivity contribution in [3.63, 3.8) is 0 Å². The lowest BCUT2D eigenvalue weighted by Crippen LogP contribution is -2.45. The minimum atomic E-state index is -1.52. The number of esters is 1. The van der Waals surface area contributed by atoms with Crippen LogP contribution in [0.4, 0.5) is 8.78 Å². The Bertz CT molecular complexity index is 1250. The quantitative estimate of drug-likeness (QED) is 0.337. The van der Waals surface area contributed by atoms with Crippen molar-refractivity contribution in [2.45, 2.75) is 24.9 Å². The van der Waals surface area contributed by atoms with Crippen LogP contribution in [0.3, 0.4) is 0 Å². The Balaban J connectivity index is 1.55. The highest BCUT2D eigenvalue weighted by molar-refractivity contribution is 6.42. The Kier molecular flexibility index (Phi) is 6.32. The molecule has 1 amide bonds. The molecule has 4 rings (SSSR count). The average Bonchev–Trinajstić information content (AvgIpc) is 3.26. The number of fused-ring (bicyclic) bond motifs is 1. The van der Waals surface area contributed by atoms with E-state index >= 15 is 4.39 Å². The number of nitrogens with one attached hydrogen (secondary N) is 1. The first-order chi connectivity index (χ1) is 16.2. The standard InChI is InChI=1S/C24H23F2N3O5/c1-33-17-11-15-13-27-20(21(30)23(32)34-2)18(15)28-19(17)22(31)29-9-7-24(26,8-10-29)12-14-3-5-16(25)6-4-14/h3-6,11,13,27H,7-10,12H2,1-2H3. The molecule has 0 unspecified atom stereocenters. The molecule has 8 nitrogen and oxygen atoms in total. The lowest BCUT2D eigenvalue weighted by Gasteiger charge is -2.36. The molecule has 1 aromatic carbocycles. The van der Waals surface area contributed by atoms with Crippen LogP contribution in [0.25, 0.3) is 10.9 Å². The summed E-state index contributed by atoms with van der Waals surface area (Å²) >= 11 is 0. The second-order valence-corrected chi connectivity index (χ2v) is 8.21. The summed E-state index contributed by atoms with van der Waals surface area (Å²) in [6.07, 6.45) is 1.82. The number of rotatable bonds is 6. The van der Waals surface area contributed by atoms with E-state index in [2.05, 4.69) is 14.7 Å². The number of carbonyl (C=O) groups is 3. The number of ether oxygens (including phenoxy) is 2. The van der Waals surface area contributed by atoms with Crippen molar-refractivity contribution in [2.75, 3.05) is 27.3 Å². The van der Waals surface area contributed by atoms with Crippen LogP contribution in [0.1, 0.15) is 39.4 Å². The van der Waals surface area contributed by atoms with Crippen molar-refractivity contribution in [2.24, 2.45) is 0 Å². The smallest absolute Gasteiger partial charge is 0.381 e. The molecule has 0 bridgehead atoms. The Hall–Kier alpha value is -3.82. The number of carbonyl (C=O) groups excluding carboxylic acids is 3. The molecule has 1 aliphatic heterocycles. The van der Waals surface area contributed by atoms with E-state index < -0.39 is 23.3 Å². The van der Waals surface area contributed by atoms with Crippen LogP contribution in [0, 0.1) is 5.82 Å². The highest BCUT2D eigenvalue weighted by Crippen LogP contribution is 2.33. The molecule has 0 saturated carbocycles. The van der Waals surface area contributed by atoms with Crippen LogP contribution in [-0.4, -0.2) is 65.5 Å². The molecule has 0 atom stereocenters. The molecule has 0 radical (unpaired) electrons. The molecular formula is C24H23F2N3O5. The number of aromatic nitrogens is 2. The van der Waals surface area contributed by atoms with Gasteiger partial charge in [0.25, 0.3) is 11.7 Å². The number of hydrogen-bond acceptors (Lipinski definition) is 6.